The molecule has 10 amide bonds. The summed E-state index contributed by atoms with van der Waals surface area (Å²) in [6.45, 7) is 3.56. The van der Waals surface area contributed by atoms with Crippen LogP contribution in [0.15, 0.2) is 85.1 Å². The van der Waals surface area contributed by atoms with Crippen molar-refractivity contribution in [1.29, 1.82) is 0 Å². The summed E-state index contributed by atoms with van der Waals surface area (Å²) >= 11 is 0. The molecule has 13 N–H and O–H groups in total. The zero-order valence-electron chi connectivity index (χ0n) is 47.7. The number of phenolic OH excluding ortho intramolecular Hbond substituents is 1. The predicted molar refractivity (Wildman–Crippen MR) is 319 cm³/mol. The quantitative estimate of drug-likeness (QED) is 0.0834. The maximum Gasteiger partial charge on any atom is 0.305 e. The number of rotatable bonds is 12. The standard InChI is InChI=1S/C59H74N12O13S2/c1-32(2)49-57(82)68-45-31-86-85-30-44(55(80)66-43(28-48(73)74)58(83)71-24-10-17-47(71)59(84)70-23-9-16-46(70)56(81)69-49)67-52(77)40(25-33-11-4-3-5-12-33)63-53(78)42(27-35-29-61-38-14-7-6-13-37(35)38)65-50(75)39(15-8-22-60)62-51(76)41(64-54(45)79)26-34-18-20-36(72)21-19-34/h3-7,11-14,18-21,29,32,39-47,49,61,72H,8-10,15-17,22-28,30-31,60H2,1-2H3,(H,62,76)(H,63,78)(H,64,79)(H,65,75)(H,66,80)(H,67,77)(H,68,82)(H,69,81)(H,73,74)/t39-,40-,41-,42+,43-,44-,45-,46+,47-,49-/m0/s1. The summed E-state index contributed by atoms with van der Waals surface area (Å²) in [6, 6.07) is 7.53. The molecular weight excluding hydrogens is 1150 g/mol. The summed E-state index contributed by atoms with van der Waals surface area (Å²) in [5.74, 6) is -11.1. The number of phenols is 1. The average Bonchev–Trinajstić information content (AvgIpc) is 2.58. The van der Waals surface area contributed by atoms with Gasteiger partial charge >= 0.3 is 5.97 Å². The van der Waals surface area contributed by atoms with Crippen molar-refractivity contribution in [2.45, 2.75) is 138 Å². The van der Waals surface area contributed by atoms with Gasteiger partial charge in [-0.25, -0.2) is 0 Å². The molecule has 0 radical (unpaired) electrons. The number of amides is 10. The Morgan fingerprint density at radius 2 is 1.08 bits per heavy atom. The Labute approximate surface area is 504 Å². The van der Waals surface area contributed by atoms with Crippen molar-refractivity contribution < 1.29 is 63.0 Å². The molecule has 10 atom stereocenters. The van der Waals surface area contributed by atoms with E-state index in [2.05, 4.69) is 47.5 Å². The second-order valence-corrected chi connectivity index (χ2v) is 24.8. The molecule has 2 bridgehead atoms. The lowest BCUT2D eigenvalue weighted by Crippen LogP contribution is -2.62. The fourth-order valence-corrected chi connectivity index (χ4v) is 13.4. The van der Waals surface area contributed by atoms with E-state index in [-0.39, 0.29) is 81.8 Å². The van der Waals surface area contributed by atoms with E-state index in [4.69, 9.17) is 5.73 Å². The number of nitrogens with one attached hydrogen (secondary N) is 9. The van der Waals surface area contributed by atoms with Crippen molar-refractivity contribution in [1.82, 2.24) is 57.3 Å². The van der Waals surface area contributed by atoms with Crippen LogP contribution >= 0.6 is 21.6 Å². The van der Waals surface area contributed by atoms with Crippen LogP contribution in [0, 0.1) is 5.92 Å². The lowest BCUT2D eigenvalue weighted by molar-refractivity contribution is -0.149. The first kappa shape index (κ1) is 63.8. The number of aromatic amines is 1. The molecule has 0 spiro atoms. The number of aliphatic carboxylic acids is 1. The fraction of sp³-hybridized carbons (Fsp3) is 0.475. The van der Waals surface area contributed by atoms with Gasteiger partial charge in [0.05, 0.1) is 6.42 Å². The minimum atomic E-state index is -1.77. The lowest BCUT2D eigenvalue weighted by atomic mass is 10.0. The highest BCUT2D eigenvalue weighted by atomic mass is 33.1. The number of carbonyl (C=O) groups excluding carboxylic acids is 10. The molecule has 4 aliphatic rings. The smallest absolute Gasteiger partial charge is 0.305 e. The van der Waals surface area contributed by atoms with Gasteiger partial charge in [0.15, 0.2) is 0 Å². The lowest BCUT2D eigenvalue weighted by Gasteiger charge is -2.34. The van der Waals surface area contributed by atoms with Gasteiger partial charge in [0.25, 0.3) is 0 Å². The van der Waals surface area contributed by atoms with E-state index in [0.29, 0.717) is 29.5 Å². The molecule has 86 heavy (non-hydrogen) atoms. The molecule has 0 aliphatic carbocycles. The molecule has 4 saturated heterocycles. The van der Waals surface area contributed by atoms with Crippen LogP contribution in [0.4, 0.5) is 0 Å². The summed E-state index contributed by atoms with van der Waals surface area (Å²) in [4.78, 5) is 166. The highest BCUT2D eigenvalue weighted by Gasteiger charge is 2.46. The van der Waals surface area contributed by atoms with Crippen LogP contribution in [-0.4, -0.2) is 182 Å². The molecule has 25 nitrogen and oxygen atoms in total. The monoisotopic (exact) mass is 1220 g/mol. The minimum Gasteiger partial charge on any atom is -0.508 e. The van der Waals surface area contributed by atoms with Crippen molar-refractivity contribution >= 4 is 97.5 Å². The molecule has 27 heteroatoms. The molecule has 4 aliphatic heterocycles. The summed E-state index contributed by atoms with van der Waals surface area (Å²) in [5, 5.41) is 43.1. The third-order valence-corrected chi connectivity index (χ3v) is 18.1. The summed E-state index contributed by atoms with van der Waals surface area (Å²) in [6.07, 6.45) is 1.48. The number of benzene rings is 3. The van der Waals surface area contributed by atoms with E-state index in [1.54, 1.807) is 56.4 Å². The zero-order valence-corrected chi connectivity index (χ0v) is 49.3. The van der Waals surface area contributed by atoms with Crippen molar-refractivity contribution in [2.24, 2.45) is 11.7 Å². The van der Waals surface area contributed by atoms with Crippen LogP contribution in [0.25, 0.3) is 10.9 Å². The van der Waals surface area contributed by atoms with Crippen LogP contribution in [-0.2, 0) is 72.0 Å². The number of nitrogens with zero attached hydrogens (tertiary/aromatic N) is 2. The van der Waals surface area contributed by atoms with Crippen LogP contribution in [0.2, 0.25) is 0 Å². The van der Waals surface area contributed by atoms with E-state index in [1.807, 2.05) is 18.2 Å². The van der Waals surface area contributed by atoms with Crippen molar-refractivity contribution in [3.8, 4) is 5.75 Å². The van der Waals surface area contributed by atoms with Crippen LogP contribution < -0.4 is 48.3 Å². The van der Waals surface area contributed by atoms with Gasteiger partial charge in [-0.15, -0.1) is 0 Å². The topological polar surface area (TPSA) is 373 Å². The number of carbonyl (C=O) groups is 11. The molecule has 1 aromatic heterocycles. The first-order valence-corrected chi connectivity index (χ1v) is 31.3. The SMILES string of the molecule is CC(C)[C@@H]1NC(=O)[C@H]2CCCN2C(=O)[C@@H]2CCCN2C(=O)[C@H](CC(=O)O)NC(=O)[C@@H]2CSSC[C@H](NC1=O)C(=O)N[C@@H](Cc1ccc(O)cc1)C(=O)N[C@@H](CCCN)C(=O)N[C@H](Cc1c[nH]c3ccccc13)C(=O)N[C@@H](Cc1ccccc1)C(=O)N2. The number of hydrogen-bond acceptors (Lipinski definition) is 15. The molecule has 0 unspecified atom stereocenters. The second-order valence-electron chi connectivity index (χ2n) is 22.3. The van der Waals surface area contributed by atoms with Crippen molar-refractivity contribution in [3.63, 3.8) is 0 Å². The van der Waals surface area contributed by atoms with Gasteiger partial charge in [-0.1, -0.05) is 96.1 Å². The van der Waals surface area contributed by atoms with Gasteiger partial charge in [0.2, 0.25) is 59.1 Å². The molecule has 5 heterocycles. The van der Waals surface area contributed by atoms with Crippen molar-refractivity contribution in [3.05, 3.63) is 102 Å². The van der Waals surface area contributed by atoms with Gasteiger partial charge in [-0.2, -0.15) is 0 Å². The Morgan fingerprint density at radius 1 is 0.570 bits per heavy atom. The van der Waals surface area contributed by atoms with Gasteiger partial charge in [-0.3, -0.25) is 52.7 Å². The fourth-order valence-electron chi connectivity index (χ4n) is 11.1. The predicted octanol–water partition coefficient (Wildman–Crippen LogP) is 0.0400. The number of para-hydroxylation sites is 1. The first-order chi connectivity index (χ1) is 41.3. The Bertz CT molecular complexity index is 3150. The zero-order chi connectivity index (χ0) is 61.6. The van der Waals surface area contributed by atoms with Crippen LogP contribution in [0.5, 0.6) is 5.75 Å². The maximum atomic E-state index is 15.0. The van der Waals surface area contributed by atoms with E-state index in [9.17, 15) is 53.4 Å². The first-order valence-electron chi connectivity index (χ1n) is 28.9. The minimum absolute atomic E-state index is 0.0160. The Morgan fingerprint density at radius 3 is 1.70 bits per heavy atom. The van der Waals surface area contributed by atoms with E-state index < -0.39 is 138 Å². The van der Waals surface area contributed by atoms with Crippen LogP contribution in [0.3, 0.4) is 0 Å². The number of carboxylic acids is 1. The number of H-pyrrole nitrogens is 1. The van der Waals surface area contributed by atoms with E-state index >= 15 is 9.59 Å². The summed E-state index contributed by atoms with van der Waals surface area (Å²) in [5.41, 5.74) is 8.33. The van der Waals surface area contributed by atoms with Gasteiger partial charge < -0.3 is 73.3 Å². The Kier molecular flexibility index (Phi) is 22.1. The highest BCUT2D eigenvalue weighted by molar-refractivity contribution is 8.76. The largest absolute Gasteiger partial charge is 0.508 e. The van der Waals surface area contributed by atoms with Gasteiger partial charge in [-0.05, 0) is 85.9 Å². The van der Waals surface area contributed by atoms with Gasteiger partial charge in [0, 0.05) is 61.0 Å². The molecule has 460 valence electrons. The van der Waals surface area contributed by atoms with E-state index in [0.717, 1.165) is 32.5 Å². The number of fused-ring (bicyclic) bond motifs is 8. The molecule has 4 aromatic rings. The molecule has 4 fully saturated rings. The number of nitrogens with two attached hydrogens (primary N) is 1. The Hall–Kier alpha value is -8.17. The van der Waals surface area contributed by atoms with Crippen LogP contribution in [0.1, 0.15) is 75.5 Å². The third-order valence-electron chi connectivity index (χ3n) is 15.7. The number of carboxylic acid groups (broad SMARTS) is 1. The average molecular weight is 1220 g/mol. The molecule has 8 rings (SSSR count). The second kappa shape index (κ2) is 29.8. The van der Waals surface area contributed by atoms with Gasteiger partial charge in [0.1, 0.15) is 66.2 Å². The number of hydrogen-bond donors (Lipinski definition) is 12. The summed E-state index contributed by atoms with van der Waals surface area (Å²) in [7, 11) is 1.91. The van der Waals surface area contributed by atoms with Crippen molar-refractivity contribution in [2.75, 3.05) is 31.1 Å². The number of aromatic nitrogens is 1. The normalized spacial score (nSPS) is 26.4. The van der Waals surface area contributed by atoms with E-state index in [1.165, 1.54) is 34.1 Å². The molecular formula is C59H74N12O13S2. The maximum absolute atomic E-state index is 15.0. The third kappa shape index (κ3) is 16.4. The Balaban J connectivity index is 1.24. The molecule has 3 aromatic carbocycles. The molecule has 0 saturated carbocycles. The number of aromatic hydroxyl groups is 1. The highest BCUT2D eigenvalue weighted by Crippen LogP contribution is 2.28. The summed E-state index contributed by atoms with van der Waals surface area (Å²) < 4.78 is 0.